The van der Waals surface area contributed by atoms with Crippen molar-refractivity contribution < 1.29 is 0 Å². The highest BCUT2D eigenvalue weighted by molar-refractivity contribution is 5.32. The number of rotatable bonds is 4. The second-order valence-electron chi connectivity index (χ2n) is 6.15. The molecule has 0 radical (unpaired) electrons. The Balaban J connectivity index is 2.29. The van der Waals surface area contributed by atoms with Crippen molar-refractivity contribution >= 4 is 0 Å². The average Bonchev–Trinajstić information content (AvgIpc) is 2.83. The third-order valence-corrected chi connectivity index (χ3v) is 3.10. The molecule has 0 fully saturated rings. The van der Waals surface area contributed by atoms with Gasteiger partial charge in [-0.2, -0.15) is 0 Å². The van der Waals surface area contributed by atoms with Crippen molar-refractivity contribution in [3.8, 4) is 5.82 Å². The molecule has 4 nitrogen and oxygen atoms in total. The van der Waals surface area contributed by atoms with Crippen LogP contribution in [0.3, 0.4) is 0 Å². The Morgan fingerprint density at radius 2 is 2.00 bits per heavy atom. The van der Waals surface area contributed by atoms with Gasteiger partial charge < -0.3 is 5.32 Å². The molecule has 2 aromatic rings. The Kier molecular flexibility index (Phi) is 4.23. The molecule has 0 unspecified atom stereocenters. The molecule has 0 aliphatic heterocycles. The highest BCUT2D eigenvalue weighted by atomic mass is 15.1. The van der Waals surface area contributed by atoms with Gasteiger partial charge in [-0.25, -0.2) is 9.97 Å². The molecule has 0 bridgehead atoms. The second-order valence-corrected chi connectivity index (χ2v) is 6.15. The predicted molar refractivity (Wildman–Crippen MR) is 82.1 cm³/mol. The lowest BCUT2D eigenvalue weighted by Gasteiger charge is -2.21. The lowest BCUT2D eigenvalue weighted by molar-refractivity contribution is 0.424. The fourth-order valence-electron chi connectivity index (χ4n) is 2.12. The van der Waals surface area contributed by atoms with Crippen LogP contribution in [0.15, 0.2) is 24.5 Å². The standard InChI is InChI=1S/C16H24N4/c1-6-14-17-7-8-20(14)15-10-13(9-12(2)19-15)11-18-16(3,4)5/h7-10,18H,6,11H2,1-5H3. The predicted octanol–water partition coefficient (Wildman–Crippen LogP) is 3.03. The third-order valence-electron chi connectivity index (χ3n) is 3.10. The van der Waals surface area contributed by atoms with E-state index in [0.29, 0.717) is 0 Å². The number of imidazole rings is 1. The molecule has 0 spiro atoms. The Hall–Kier alpha value is -1.68. The molecule has 0 amide bonds. The summed E-state index contributed by atoms with van der Waals surface area (Å²) >= 11 is 0. The van der Waals surface area contributed by atoms with Gasteiger partial charge >= 0.3 is 0 Å². The molecule has 0 saturated heterocycles. The van der Waals surface area contributed by atoms with Crippen LogP contribution in [0.5, 0.6) is 0 Å². The van der Waals surface area contributed by atoms with Crippen molar-refractivity contribution in [2.24, 2.45) is 0 Å². The van der Waals surface area contributed by atoms with E-state index >= 15 is 0 Å². The second kappa shape index (κ2) is 5.75. The zero-order valence-corrected chi connectivity index (χ0v) is 13.1. The van der Waals surface area contributed by atoms with E-state index in [0.717, 1.165) is 30.3 Å². The number of pyridine rings is 1. The van der Waals surface area contributed by atoms with E-state index in [2.05, 4.69) is 59.7 Å². The summed E-state index contributed by atoms with van der Waals surface area (Å²) in [5.74, 6) is 1.99. The first-order valence-corrected chi connectivity index (χ1v) is 7.14. The first-order valence-electron chi connectivity index (χ1n) is 7.14. The maximum atomic E-state index is 4.62. The molecule has 2 rings (SSSR count). The van der Waals surface area contributed by atoms with E-state index in [9.17, 15) is 0 Å². The molecule has 0 aromatic carbocycles. The van der Waals surface area contributed by atoms with Gasteiger partial charge in [0.15, 0.2) is 0 Å². The highest BCUT2D eigenvalue weighted by Crippen LogP contribution is 2.13. The zero-order chi connectivity index (χ0) is 14.8. The minimum Gasteiger partial charge on any atom is -0.308 e. The summed E-state index contributed by atoms with van der Waals surface area (Å²) in [6.07, 6.45) is 4.70. The van der Waals surface area contributed by atoms with E-state index in [4.69, 9.17) is 0 Å². The molecular weight excluding hydrogens is 248 g/mol. The van der Waals surface area contributed by atoms with Gasteiger partial charge in [-0.3, -0.25) is 4.57 Å². The summed E-state index contributed by atoms with van der Waals surface area (Å²) in [5, 5.41) is 3.51. The van der Waals surface area contributed by atoms with Gasteiger partial charge in [0.25, 0.3) is 0 Å². The number of aromatic nitrogens is 3. The largest absolute Gasteiger partial charge is 0.308 e. The van der Waals surface area contributed by atoms with E-state index in [1.807, 2.05) is 19.3 Å². The number of aryl methyl sites for hydroxylation is 2. The number of hydrogen-bond acceptors (Lipinski definition) is 3. The van der Waals surface area contributed by atoms with Crippen LogP contribution in [0.25, 0.3) is 5.82 Å². The van der Waals surface area contributed by atoms with Crippen LogP contribution in [-0.4, -0.2) is 20.1 Å². The van der Waals surface area contributed by atoms with Gasteiger partial charge in [0.1, 0.15) is 11.6 Å². The van der Waals surface area contributed by atoms with Crippen LogP contribution in [-0.2, 0) is 13.0 Å². The lowest BCUT2D eigenvalue weighted by atomic mass is 10.1. The van der Waals surface area contributed by atoms with Crippen molar-refractivity contribution in [1.82, 2.24) is 19.9 Å². The number of hydrogen-bond donors (Lipinski definition) is 1. The normalized spacial score (nSPS) is 11.8. The molecule has 0 saturated carbocycles. The van der Waals surface area contributed by atoms with E-state index in [-0.39, 0.29) is 5.54 Å². The first-order chi connectivity index (χ1) is 9.39. The molecule has 0 aliphatic carbocycles. The first kappa shape index (κ1) is 14.7. The van der Waals surface area contributed by atoms with Gasteiger partial charge in [0.05, 0.1) is 0 Å². The summed E-state index contributed by atoms with van der Waals surface area (Å²) in [5.41, 5.74) is 2.39. The summed E-state index contributed by atoms with van der Waals surface area (Å²) in [6.45, 7) is 11.5. The van der Waals surface area contributed by atoms with Crippen LogP contribution in [0.2, 0.25) is 0 Å². The number of nitrogens with zero attached hydrogens (tertiary/aromatic N) is 3. The summed E-state index contributed by atoms with van der Waals surface area (Å²) < 4.78 is 2.06. The van der Waals surface area contributed by atoms with Crippen LogP contribution >= 0.6 is 0 Å². The Labute approximate surface area is 121 Å². The fraction of sp³-hybridized carbons (Fsp3) is 0.500. The molecule has 20 heavy (non-hydrogen) atoms. The molecule has 1 N–H and O–H groups in total. The van der Waals surface area contributed by atoms with Crippen LogP contribution in [0, 0.1) is 6.92 Å². The Bertz CT molecular complexity index is 578. The van der Waals surface area contributed by atoms with Crippen molar-refractivity contribution in [1.29, 1.82) is 0 Å². The molecule has 0 atom stereocenters. The Morgan fingerprint density at radius 1 is 1.25 bits per heavy atom. The van der Waals surface area contributed by atoms with Gasteiger partial charge in [0, 0.05) is 36.6 Å². The molecule has 2 heterocycles. The van der Waals surface area contributed by atoms with Crippen molar-refractivity contribution in [2.45, 2.75) is 53.1 Å². The van der Waals surface area contributed by atoms with E-state index in [1.54, 1.807) is 0 Å². The molecule has 0 aliphatic rings. The van der Waals surface area contributed by atoms with Crippen LogP contribution < -0.4 is 5.32 Å². The lowest BCUT2D eigenvalue weighted by Crippen LogP contribution is -2.35. The van der Waals surface area contributed by atoms with Crippen LogP contribution in [0.1, 0.15) is 44.8 Å². The van der Waals surface area contributed by atoms with Crippen LogP contribution in [0.4, 0.5) is 0 Å². The van der Waals surface area contributed by atoms with Gasteiger partial charge in [-0.05, 0) is 45.4 Å². The average molecular weight is 272 g/mol. The van der Waals surface area contributed by atoms with Crippen molar-refractivity contribution in [3.63, 3.8) is 0 Å². The quantitative estimate of drug-likeness (QED) is 0.930. The Morgan fingerprint density at radius 3 is 2.65 bits per heavy atom. The number of nitrogens with one attached hydrogen (secondary N) is 1. The van der Waals surface area contributed by atoms with Crippen molar-refractivity contribution in [2.75, 3.05) is 0 Å². The minimum atomic E-state index is 0.112. The molecular formula is C16H24N4. The molecule has 108 valence electrons. The van der Waals surface area contributed by atoms with E-state index in [1.165, 1.54) is 5.56 Å². The monoisotopic (exact) mass is 272 g/mol. The minimum absolute atomic E-state index is 0.112. The maximum absolute atomic E-state index is 4.62. The summed E-state index contributed by atoms with van der Waals surface area (Å²) in [4.78, 5) is 8.99. The highest BCUT2D eigenvalue weighted by Gasteiger charge is 2.10. The summed E-state index contributed by atoms with van der Waals surface area (Å²) in [7, 11) is 0. The van der Waals surface area contributed by atoms with Crippen molar-refractivity contribution in [3.05, 3.63) is 41.6 Å². The van der Waals surface area contributed by atoms with Gasteiger partial charge in [0.2, 0.25) is 0 Å². The smallest absolute Gasteiger partial charge is 0.138 e. The van der Waals surface area contributed by atoms with Gasteiger partial charge in [-0.1, -0.05) is 6.92 Å². The SMILES string of the molecule is CCc1nccn1-c1cc(CNC(C)(C)C)cc(C)n1. The molecule has 4 heteroatoms. The van der Waals surface area contributed by atoms with Gasteiger partial charge in [-0.15, -0.1) is 0 Å². The molecule has 2 aromatic heterocycles. The topological polar surface area (TPSA) is 42.7 Å². The fourth-order valence-corrected chi connectivity index (χ4v) is 2.12. The maximum Gasteiger partial charge on any atom is 0.138 e. The third kappa shape index (κ3) is 3.67. The summed E-state index contributed by atoms with van der Waals surface area (Å²) in [6, 6.07) is 4.26. The van der Waals surface area contributed by atoms with E-state index < -0.39 is 0 Å². The zero-order valence-electron chi connectivity index (χ0n) is 13.1.